The Balaban J connectivity index is 1.96. The van der Waals surface area contributed by atoms with Crippen molar-refractivity contribution in [1.82, 2.24) is 15.1 Å². The van der Waals surface area contributed by atoms with Gasteiger partial charge in [0.05, 0.1) is 0 Å². The Bertz CT molecular complexity index is 687. The molecule has 0 unspecified atom stereocenters. The minimum Gasteiger partial charge on any atom is -0.350 e. The van der Waals surface area contributed by atoms with Crippen molar-refractivity contribution in [3.8, 4) is 0 Å². The highest BCUT2D eigenvalue weighted by Crippen LogP contribution is 2.25. The maximum Gasteiger partial charge on any atom is 0.471 e. The second-order valence-electron chi connectivity index (χ2n) is 6.27. The number of hydrogen-bond acceptors (Lipinski definition) is 3. The van der Waals surface area contributed by atoms with Crippen LogP contribution in [0.5, 0.6) is 0 Å². The second-order valence-corrected chi connectivity index (χ2v) is 6.27. The first kappa shape index (κ1) is 19.7. The molecule has 1 saturated heterocycles. The van der Waals surface area contributed by atoms with Gasteiger partial charge in [-0.3, -0.25) is 14.4 Å². The van der Waals surface area contributed by atoms with E-state index in [2.05, 4.69) is 5.32 Å². The van der Waals surface area contributed by atoms with Crippen LogP contribution in [0.15, 0.2) is 24.3 Å². The number of halogens is 3. The number of alkyl halides is 3. The first-order chi connectivity index (χ1) is 12.1. The van der Waals surface area contributed by atoms with Crippen LogP contribution < -0.4 is 5.32 Å². The second kappa shape index (κ2) is 7.76. The predicted octanol–water partition coefficient (Wildman–Crippen LogP) is 1.56. The van der Waals surface area contributed by atoms with Crippen molar-refractivity contribution in [1.29, 1.82) is 0 Å². The molecule has 9 heteroatoms. The predicted molar refractivity (Wildman–Crippen MR) is 87.1 cm³/mol. The Hall–Kier alpha value is -2.58. The Labute approximate surface area is 148 Å². The number of carbonyl (C=O) groups is 3. The number of likely N-dealkylation sites (tertiary alicyclic amines) is 1. The van der Waals surface area contributed by atoms with E-state index in [-0.39, 0.29) is 25.4 Å². The van der Waals surface area contributed by atoms with Gasteiger partial charge >= 0.3 is 12.1 Å². The highest BCUT2D eigenvalue weighted by atomic mass is 19.4. The summed E-state index contributed by atoms with van der Waals surface area (Å²) in [6.07, 6.45) is -4.44. The van der Waals surface area contributed by atoms with Crippen molar-refractivity contribution in [3.05, 3.63) is 35.4 Å². The van der Waals surface area contributed by atoms with Gasteiger partial charge in [0, 0.05) is 32.7 Å². The molecule has 1 aromatic rings. The molecule has 0 bridgehead atoms. The van der Waals surface area contributed by atoms with Gasteiger partial charge in [0.25, 0.3) is 5.91 Å². The molecular formula is C17H20F3N3O3. The number of benzene rings is 1. The molecule has 0 aromatic heterocycles. The zero-order chi connectivity index (χ0) is 19.5. The van der Waals surface area contributed by atoms with Crippen molar-refractivity contribution < 1.29 is 27.6 Å². The van der Waals surface area contributed by atoms with Crippen LogP contribution in [0.2, 0.25) is 0 Å². The molecule has 1 atom stereocenters. The molecule has 2 rings (SSSR count). The molecule has 0 saturated carbocycles. The molecule has 142 valence electrons. The monoisotopic (exact) mass is 371 g/mol. The smallest absolute Gasteiger partial charge is 0.350 e. The molecule has 1 aliphatic rings. The number of amides is 3. The van der Waals surface area contributed by atoms with E-state index < -0.39 is 24.0 Å². The highest BCUT2D eigenvalue weighted by molar-refractivity contribution is 5.94. The Kier molecular flexibility index (Phi) is 5.89. The molecule has 1 fully saturated rings. The van der Waals surface area contributed by atoms with Gasteiger partial charge in [0.1, 0.15) is 6.04 Å². The first-order valence-corrected chi connectivity index (χ1v) is 8.07. The summed E-state index contributed by atoms with van der Waals surface area (Å²) < 4.78 is 37.8. The lowest BCUT2D eigenvalue weighted by atomic mass is 10.1. The number of nitrogens with zero attached hydrogens (tertiary/aromatic N) is 2. The van der Waals surface area contributed by atoms with Gasteiger partial charge in [0.15, 0.2) is 0 Å². The van der Waals surface area contributed by atoms with E-state index >= 15 is 0 Å². The minimum absolute atomic E-state index is 0.0855. The summed E-state index contributed by atoms with van der Waals surface area (Å²) in [5, 5.41) is 2.55. The fraction of sp³-hybridized carbons (Fsp3) is 0.471. The van der Waals surface area contributed by atoms with Crippen LogP contribution in [0.25, 0.3) is 0 Å². The van der Waals surface area contributed by atoms with Crippen LogP contribution in [-0.2, 0) is 16.1 Å². The highest BCUT2D eigenvalue weighted by Gasteiger charge is 2.47. The molecule has 1 heterocycles. The SMILES string of the molecule is CN(C)C(=O)c1ccc(CNC(=O)[C@@H]2CCCN2C(=O)C(F)(F)F)cc1. The third-order valence-corrected chi connectivity index (χ3v) is 4.13. The summed E-state index contributed by atoms with van der Waals surface area (Å²) >= 11 is 0. The maximum absolute atomic E-state index is 12.6. The van der Waals surface area contributed by atoms with E-state index in [4.69, 9.17) is 0 Å². The maximum atomic E-state index is 12.6. The fourth-order valence-corrected chi connectivity index (χ4v) is 2.78. The Morgan fingerprint density at radius 3 is 2.35 bits per heavy atom. The van der Waals surface area contributed by atoms with Crippen LogP contribution in [0.1, 0.15) is 28.8 Å². The summed E-state index contributed by atoms with van der Waals surface area (Å²) in [6.45, 7) is 0.0115. The zero-order valence-corrected chi connectivity index (χ0v) is 14.5. The molecule has 1 aliphatic heterocycles. The Morgan fingerprint density at radius 1 is 1.19 bits per heavy atom. The summed E-state index contributed by atoms with van der Waals surface area (Å²) in [7, 11) is 3.26. The molecule has 6 nitrogen and oxygen atoms in total. The molecule has 1 aromatic carbocycles. The van der Waals surface area contributed by atoms with Gasteiger partial charge in [-0.2, -0.15) is 13.2 Å². The van der Waals surface area contributed by atoms with Crippen molar-refractivity contribution in [2.75, 3.05) is 20.6 Å². The average molecular weight is 371 g/mol. The van der Waals surface area contributed by atoms with E-state index in [1.807, 2.05) is 0 Å². The normalized spacial score (nSPS) is 17.1. The number of hydrogen-bond donors (Lipinski definition) is 1. The van der Waals surface area contributed by atoms with Gasteiger partial charge in [0.2, 0.25) is 5.91 Å². The van der Waals surface area contributed by atoms with Gasteiger partial charge in [-0.25, -0.2) is 0 Å². The summed E-state index contributed by atoms with van der Waals surface area (Å²) in [5.74, 6) is -2.76. The van der Waals surface area contributed by atoms with E-state index in [9.17, 15) is 27.6 Å². The molecule has 26 heavy (non-hydrogen) atoms. The first-order valence-electron chi connectivity index (χ1n) is 8.07. The standard InChI is InChI=1S/C17H20F3N3O3/c1-22(2)15(25)12-7-5-11(6-8-12)10-21-14(24)13-4-3-9-23(13)16(26)17(18,19)20/h5-8,13H,3-4,9-10H2,1-2H3,(H,21,24)/t13-/m0/s1. The van der Waals surface area contributed by atoms with Crippen molar-refractivity contribution in [2.24, 2.45) is 0 Å². The number of carbonyl (C=O) groups excluding carboxylic acids is 3. The van der Waals surface area contributed by atoms with E-state index in [1.54, 1.807) is 38.4 Å². The molecule has 1 N–H and O–H groups in total. The van der Waals surface area contributed by atoms with E-state index in [0.717, 1.165) is 0 Å². The lowest BCUT2D eigenvalue weighted by Gasteiger charge is -2.24. The van der Waals surface area contributed by atoms with Gasteiger partial charge in [-0.1, -0.05) is 12.1 Å². The van der Waals surface area contributed by atoms with Gasteiger partial charge in [-0.15, -0.1) is 0 Å². The zero-order valence-electron chi connectivity index (χ0n) is 14.5. The van der Waals surface area contributed by atoms with Crippen LogP contribution >= 0.6 is 0 Å². The average Bonchev–Trinajstić information content (AvgIpc) is 3.07. The molecule has 0 spiro atoms. The fourth-order valence-electron chi connectivity index (χ4n) is 2.78. The third kappa shape index (κ3) is 4.53. The topological polar surface area (TPSA) is 69.7 Å². The van der Waals surface area contributed by atoms with Gasteiger partial charge in [-0.05, 0) is 30.5 Å². The largest absolute Gasteiger partial charge is 0.471 e. The van der Waals surface area contributed by atoms with Crippen molar-refractivity contribution in [3.63, 3.8) is 0 Å². The van der Waals surface area contributed by atoms with Crippen LogP contribution in [-0.4, -0.2) is 60.4 Å². The van der Waals surface area contributed by atoms with Crippen LogP contribution in [0.3, 0.4) is 0 Å². The van der Waals surface area contributed by atoms with Crippen molar-refractivity contribution >= 4 is 17.7 Å². The number of rotatable bonds is 4. The molecule has 3 amide bonds. The molecule has 0 radical (unpaired) electrons. The molecule has 0 aliphatic carbocycles. The molecular weight excluding hydrogens is 351 g/mol. The third-order valence-electron chi connectivity index (χ3n) is 4.13. The number of nitrogens with one attached hydrogen (secondary N) is 1. The lowest BCUT2D eigenvalue weighted by molar-refractivity contribution is -0.186. The van der Waals surface area contributed by atoms with E-state index in [0.29, 0.717) is 22.4 Å². The van der Waals surface area contributed by atoms with E-state index in [1.165, 1.54) is 4.90 Å². The van der Waals surface area contributed by atoms with Crippen LogP contribution in [0, 0.1) is 0 Å². The summed E-state index contributed by atoms with van der Waals surface area (Å²) in [6, 6.07) is 5.42. The van der Waals surface area contributed by atoms with Crippen molar-refractivity contribution in [2.45, 2.75) is 31.6 Å². The quantitative estimate of drug-likeness (QED) is 0.873. The van der Waals surface area contributed by atoms with Crippen LogP contribution in [0.4, 0.5) is 13.2 Å². The summed E-state index contributed by atoms with van der Waals surface area (Å²) in [4.78, 5) is 37.4. The summed E-state index contributed by atoms with van der Waals surface area (Å²) in [5.41, 5.74) is 1.18. The lowest BCUT2D eigenvalue weighted by Crippen LogP contribution is -2.50. The minimum atomic E-state index is -4.99. The van der Waals surface area contributed by atoms with Gasteiger partial charge < -0.3 is 15.1 Å². The Morgan fingerprint density at radius 2 is 1.81 bits per heavy atom.